The van der Waals surface area contributed by atoms with Gasteiger partial charge in [0.1, 0.15) is 0 Å². The van der Waals surface area contributed by atoms with Crippen LogP contribution in [0.3, 0.4) is 0 Å². The van der Waals surface area contributed by atoms with Crippen LogP contribution in [0, 0.1) is 0 Å². The van der Waals surface area contributed by atoms with Gasteiger partial charge in [0.2, 0.25) is 15.9 Å². The number of carbonyl (C=O) groups excluding carboxylic acids is 1. The molecule has 0 saturated carbocycles. The van der Waals surface area contributed by atoms with E-state index in [9.17, 15) is 13.2 Å². The topological polar surface area (TPSA) is 91.4 Å². The van der Waals surface area contributed by atoms with Gasteiger partial charge in [-0.25, -0.2) is 13.4 Å². The van der Waals surface area contributed by atoms with Gasteiger partial charge in [-0.15, -0.1) is 11.3 Å². The molecule has 0 spiro atoms. The highest BCUT2D eigenvalue weighted by atomic mass is 35.5. The number of carbonyl (C=O) groups is 1. The molecule has 12 heteroatoms. The summed E-state index contributed by atoms with van der Waals surface area (Å²) in [4.78, 5) is 19.5. The number of amides is 1. The van der Waals surface area contributed by atoms with Crippen LogP contribution in [0.25, 0.3) is 11.3 Å². The fraction of sp³-hybridized carbons (Fsp3) is 0.385. The highest BCUT2D eigenvalue weighted by Crippen LogP contribution is 2.29. The largest absolute Gasteiger partial charge is 0.353 e. The van der Waals surface area contributed by atoms with E-state index in [2.05, 4.69) is 19.9 Å². The van der Waals surface area contributed by atoms with Crippen LogP contribution in [0.2, 0.25) is 10.0 Å². The fourth-order valence-electron chi connectivity index (χ4n) is 4.20. The zero-order valence-electron chi connectivity index (χ0n) is 21.0. The Morgan fingerprint density at radius 1 is 1.13 bits per heavy atom. The molecule has 38 heavy (non-hydrogen) atoms. The first-order chi connectivity index (χ1) is 18.1. The van der Waals surface area contributed by atoms with Crippen molar-refractivity contribution in [2.75, 3.05) is 29.8 Å². The molecule has 0 bridgehead atoms. The molecule has 7 nitrogen and oxygen atoms in total. The second kappa shape index (κ2) is 13.5. The maximum Gasteiger partial charge on any atom is 0.229 e. The van der Waals surface area contributed by atoms with Gasteiger partial charge in [0.15, 0.2) is 4.34 Å². The Bertz CT molecular complexity index is 1340. The molecular formula is C26H30Cl2N4O3S3. The zero-order chi connectivity index (χ0) is 27.1. The molecule has 1 fully saturated rings. The molecular weight excluding hydrogens is 583 g/mol. The monoisotopic (exact) mass is 612 g/mol. The maximum atomic E-state index is 12.5. The average Bonchev–Trinajstić information content (AvgIpc) is 3.34. The molecule has 0 atom stereocenters. The van der Waals surface area contributed by atoms with Gasteiger partial charge in [0, 0.05) is 54.5 Å². The summed E-state index contributed by atoms with van der Waals surface area (Å²) < 4.78 is 26.1. The Morgan fingerprint density at radius 3 is 2.55 bits per heavy atom. The predicted molar refractivity (Wildman–Crippen MR) is 159 cm³/mol. The smallest absolute Gasteiger partial charge is 0.229 e. The third-order valence-corrected chi connectivity index (χ3v) is 9.54. The highest BCUT2D eigenvalue weighted by molar-refractivity contribution is 8.01. The molecule has 1 aliphatic heterocycles. The number of benzene rings is 2. The number of aromatic nitrogens is 1. The summed E-state index contributed by atoms with van der Waals surface area (Å²) in [7, 11) is -3.30. The van der Waals surface area contributed by atoms with Crippen molar-refractivity contribution in [2.24, 2.45) is 0 Å². The van der Waals surface area contributed by atoms with E-state index in [0.29, 0.717) is 22.2 Å². The Hall–Kier alpha value is -1.82. The number of hydrogen-bond donors (Lipinski definition) is 2. The second-order valence-corrected chi connectivity index (χ2v) is 14.0. The van der Waals surface area contributed by atoms with Crippen molar-refractivity contribution >= 4 is 67.9 Å². The molecule has 3 aromatic rings. The van der Waals surface area contributed by atoms with Crippen LogP contribution in [0.15, 0.2) is 52.2 Å². The Kier molecular flexibility index (Phi) is 10.4. The zero-order valence-corrected chi connectivity index (χ0v) is 24.9. The van der Waals surface area contributed by atoms with E-state index >= 15 is 0 Å². The lowest BCUT2D eigenvalue weighted by atomic mass is 10.0. The molecule has 2 aromatic carbocycles. The van der Waals surface area contributed by atoms with Gasteiger partial charge in [-0.2, -0.15) is 0 Å². The summed E-state index contributed by atoms with van der Waals surface area (Å²) in [5.74, 6) is 0.927. The molecule has 2 heterocycles. The minimum absolute atomic E-state index is 0.108. The average molecular weight is 614 g/mol. The first-order valence-corrected chi connectivity index (χ1v) is 16.8. The lowest BCUT2D eigenvalue weighted by molar-refractivity contribution is -0.122. The van der Waals surface area contributed by atoms with Gasteiger partial charge >= 0.3 is 0 Å². The normalized spacial score (nSPS) is 14.9. The molecule has 0 unspecified atom stereocenters. The van der Waals surface area contributed by atoms with E-state index in [1.807, 2.05) is 35.7 Å². The first kappa shape index (κ1) is 29.2. The lowest BCUT2D eigenvalue weighted by Gasteiger charge is -2.32. The molecule has 4 rings (SSSR count). The molecule has 0 aliphatic carbocycles. The number of thioether (sulfide) groups is 1. The Labute approximate surface area is 242 Å². The van der Waals surface area contributed by atoms with E-state index in [0.717, 1.165) is 72.1 Å². The van der Waals surface area contributed by atoms with Gasteiger partial charge in [-0.1, -0.05) is 53.2 Å². The molecule has 204 valence electrons. The fourth-order valence-corrected chi connectivity index (χ4v) is 6.93. The summed E-state index contributed by atoms with van der Waals surface area (Å²) in [5, 5.41) is 6.33. The summed E-state index contributed by atoms with van der Waals surface area (Å²) in [6, 6.07) is 13.1. The predicted octanol–water partition coefficient (Wildman–Crippen LogP) is 6.14. The number of nitrogens with zero attached hydrogens (tertiary/aromatic N) is 2. The van der Waals surface area contributed by atoms with Crippen LogP contribution in [0.4, 0.5) is 5.69 Å². The minimum Gasteiger partial charge on any atom is -0.353 e. The van der Waals surface area contributed by atoms with E-state index in [1.165, 1.54) is 0 Å². The van der Waals surface area contributed by atoms with E-state index in [-0.39, 0.29) is 11.9 Å². The van der Waals surface area contributed by atoms with Gasteiger partial charge < -0.3 is 5.32 Å². The maximum absolute atomic E-state index is 12.5. The lowest BCUT2D eigenvalue weighted by Crippen LogP contribution is -2.44. The van der Waals surface area contributed by atoms with Crippen molar-refractivity contribution in [3.63, 3.8) is 0 Å². The number of hydrogen-bond acceptors (Lipinski definition) is 7. The second-order valence-electron chi connectivity index (χ2n) is 9.27. The van der Waals surface area contributed by atoms with E-state index in [1.54, 1.807) is 35.2 Å². The Balaban J connectivity index is 1.12. The van der Waals surface area contributed by atoms with Gasteiger partial charge in [-0.3, -0.25) is 14.4 Å². The van der Waals surface area contributed by atoms with E-state index < -0.39 is 10.0 Å². The number of anilines is 1. The van der Waals surface area contributed by atoms with Crippen molar-refractivity contribution in [2.45, 2.75) is 42.6 Å². The van der Waals surface area contributed by atoms with Crippen molar-refractivity contribution in [1.29, 1.82) is 0 Å². The van der Waals surface area contributed by atoms with Crippen molar-refractivity contribution in [1.82, 2.24) is 15.2 Å². The number of likely N-dealkylation sites (tertiary alicyclic amines) is 1. The molecule has 1 aliphatic rings. The number of halogens is 2. The van der Waals surface area contributed by atoms with Crippen LogP contribution in [-0.2, 0) is 21.4 Å². The molecule has 2 N–H and O–H groups in total. The summed E-state index contributed by atoms with van der Waals surface area (Å²) >= 11 is 15.4. The number of rotatable bonds is 11. The Morgan fingerprint density at radius 2 is 1.87 bits per heavy atom. The molecule has 1 aromatic heterocycles. The summed E-state index contributed by atoms with van der Waals surface area (Å²) in [6.07, 6.45) is 4.29. The number of thiazole rings is 1. The molecule has 0 radical (unpaired) electrons. The number of nitrogens with one attached hydrogen (secondary N) is 2. The number of sulfonamides is 1. The van der Waals surface area contributed by atoms with Crippen molar-refractivity contribution in [3.8, 4) is 11.3 Å². The highest BCUT2D eigenvalue weighted by Gasteiger charge is 2.21. The van der Waals surface area contributed by atoms with Crippen LogP contribution >= 0.6 is 46.3 Å². The SMILES string of the molecule is CS(=O)(=O)Nc1ccc(-c2csc(SCCCC(=O)NC3CCN(Cc4ccc(Cl)c(Cl)c4)CC3)n2)cc1. The molecule has 1 amide bonds. The van der Waals surface area contributed by atoms with Crippen molar-refractivity contribution < 1.29 is 13.2 Å². The molecule has 1 saturated heterocycles. The quantitative estimate of drug-likeness (QED) is 0.200. The minimum atomic E-state index is -3.30. The third-order valence-electron chi connectivity index (χ3n) is 6.08. The van der Waals surface area contributed by atoms with Gasteiger partial charge in [0.05, 0.1) is 22.0 Å². The van der Waals surface area contributed by atoms with E-state index in [4.69, 9.17) is 23.2 Å². The standard InChI is InChI=1S/C26H30Cl2N4O3S3/c1-38(34,35)31-21-7-5-19(6-8-21)24-17-37-26(30-24)36-14-2-3-25(33)29-20-10-12-32(13-11-20)16-18-4-9-22(27)23(28)15-18/h4-9,15,17,20,31H,2-3,10-14,16H2,1H3,(H,29,33). The van der Waals surface area contributed by atoms with Crippen LogP contribution in [0.5, 0.6) is 0 Å². The van der Waals surface area contributed by atoms with Crippen molar-refractivity contribution in [3.05, 3.63) is 63.5 Å². The summed E-state index contributed by atoms with van der Waals surface area (Å²) in [6.45, 7) is 2.70. The van der Waals surface area contributed by atoms with Crippen LogP contribution in [-0.4, -0.2) is 55.3 Å². The van der Waals surface area contributed by atoms with Gasteiger partial charge in [-0.05, 0) is 49.1 Å². The van der Waals surface area contributed by atoms with Crippen LogP contribution < -0.4 is 10.0 Å². The van der Waals surface area contributed by atoms with Crippen LogP contribution in [0.1, 0.15) is 31.2 Å². The third kappa shape index (κ3) is 9.14. The summed E-state index contributed by atoms with van der Waals surface area (Å²) in [5.41, 5.74) is 3.45. The van der Waals surface area contributed by atoms with Gasteiger partial charge in [0.25, 0.3) is 0 Å². The first-order valence-electron chi connectivity index (χ1n) is 12.3. The number of piperidine rings is 1.